The van der Waals surface area contributed by atoms with Crippen molar-refractivity contribution in [2.45, 2.75) is 70.9 Å². The fourth-order valence-corrected chi connectivity index (χ4v) is 4.46. The molecular weight excluding hydrogens is 326 g/mol. The second kappa shape index (κ2) is 6.61. The molecule has 134 valence electrons. The number of amides is 1. The summed E-state index contributed by atoms with van der Waals surface area (Å²) in [5, 5.41) is 6.67. The molecule has 1 saturated carbocycles. The first-order valence-electron chi connectivity index (χ1n) is 8.53. The molecule has 1 aliphatic heterocycles. The van der Waals surface area contributed by atoms with Crippen molar-refractivity contribution in [1.29, 1.82) is 0 Å². The Morgan fingerprint density at radius 3 is 2.83 bits per heavy atom. The zero-order chi connectivity index (χ0) is 17.5. The molecule has 0 aromatic carbocycles. The molecule has 7 heteroatoms. The summed E-state index contributed by atoms with van der Waals surface area (Å²) in [6.07, 6.45) is 0.795. The summed E-state index contributed by atoms with van der Waals surface area (Å²) in [6, 6.07) is 0.320. The van der Waals surface area contributed by atoms with E-state index in [1.54, 1.807) is 11.3 Å². The fourth-order valence-electron chi connectivity index (χ4n) is 3.64. The number of thiazole rings is 1. The Morgan fingerprint density at radius 1 is 1.46 bits per heavy atom. The SMILES string of the molecule is Cc1ncsc1C(C)NC1C(NC(=O)OC(C)(C)C)C2CCOC21. The summed E-state index contributed by atoms with van der Waals surface area (Å²) in [4.78, 5) is 17.7. The van der Waals surface area contributed by atoms with Crippen molar-refractivity contribution in [1.82, 2.24) is 15.6 Å². The molecule has 1 amide bonds. The Morgan fingerprint density at radius 2 is 2.21 bits per heavy atom. The molecule has 2 aliphatic rings. The molecule has 2 heterocycles. The van der Waals surface area contributed by atoms with Crippen LogP contribution in [0.2, 0.25) is 0 Å². The largest absolute Gasteiger partial charge is 0.444 e. The van der Waals surface area contributed by atoms with Gasteiger partial charge in [-0.25, -0.2) is 9.78 Å². The van der Waals surface area contributed by atoms with Crippen molar-refractivity contribution in [3.63, 3.8) is 0 Å². The molecule has 3 rings (SSSR count). The van der Waals surface area contributed by atoms with E-state index in [4.69, 9.17) is 9.47 Å². The molecule has 6 nitrogen and oxygen atoms in total. The first-order valence-corrected chi connectivity index (χ1v) is 9.41. The van der Waals surface area contributed by atoms with Crippen molar-refractivity contribution in [2.24, 2.45) is 5.92 Å². The molecule has 0 radical (unpaired) electrons. The summed E-state index contributed by atoms with van der Waals surface area (Å²) < 4.78 is 11.3. The lowest BCUT2D eigenvalue weighted by Crippen LogP contribution is -2.70. The minimum absolute atomic E-state index is 0.0445. The van der Waals surface area contributed by atoms with Gasteiger partial charge < -0.3 is 20.1 Å². The van der Waals surface area contributed by atoms with Gasteiger partial charge in [-0.15, -0.1) is 11.3 Å². The van der Waals surface area contributed by atoms with E-state index in [1.807, 2.05) is 33.2 Å². The maximum atomic E-state index is 12.2. The van der Waals surface area contributed by atoms with Gasteiger partial charge in [0.15, 0.2) is 0 Å². The monoisotopic (exact) mass is 353 g/mol. The van der Waals surface area contributed by atoms with Crippen LogP contribution in [0.25, 0.3) is 0 Å². The average Bonchev–Trinajstić information content (AvgIpc) is 3.07. The maximum absolute atomic E-state index is 12.2. The normalized spacial score (nSPS) is 30.4. The topological polar surface area (TPSA) is 72.5 Å². The highest BCUT2D eigenvalue weighted by Crippen LogP contribution is 2.40. The number of alkyl carbamates (subject to hydrolysis) is 1. The first-order chi connectivity index (χ1) is 11.3. The molecule has 1 aromatic rings. The highest BCUT2D eigenvalue weighted by molar-refractivity contribution is 7.09. The Balaban J connectivity index is 1.64. The van der Waals surface area contributed by atoms with Crippen LogP contribution in [-0.2, 0) is 9.47 Å². The predicted molar refractivity (Wildman–Crippen MR) is 93.2 cm³/mol. The highest BCUT2D eigenvalue weighted by atomic mass is 32.1. The summed E-state index contributed by atoms with van der Waals surface area (Å²) in [5.74, 6) is 0.366. The van der Waals surface area contributed by atoms with Gasteiger partial charge in [-0.05, 0) is 41.0 Å². The molecule has 5 atom stereocenters. The summed E-state index contributed by atoms with van der Waals surface area (Å²) in [7, 11) is 0. The Kier molecular flexibility index (Phi) is 4.86. The molecule has 1 saturated heterocycles. The highest BCUT2D eigenvalue weighted by Gasteiger charge is 2.55. The second-order valence-corrected chi connectivity index (χ2v) is 8.56. The van der Waals surface area contributed by atoms with Crippen LogP contribution in [0.5, 0.6) is 0 Å². The van der Waals surface area contributed by atoms with E-state index in [2.05, 4.69) is 22.5 Å². The third kappa shape index (κ3) is 3.58. The van der Waals surface area contributed by atoms with Crippen molar-refractivity contribution >= 4 is 17.4 Å². The van der Waals surface area contributed by atoms with Crippen LogP contribution >= 0.6 is 11.3 Å². The second-order valence-electron chi connectivity index (χ2n) is 7.68. The van der Waals surface area contributed by atoms with Crippen LogP contribution in [-0.4, -0.2) is 41.5 Å². The van der Waals surface area contributed by atoms with Crippen LogP contribution in [0.4, 0.5) is 4.79 Å². The summed E-state index contributed by atoms with van der Waals surface area (Å²) >= 11 is 1.66. The molecule has 2 N–H and O–H groups in total. The van der Waals surface area contributed by atoms with E-state index in [0.717, 1.165) is 18.7 Å². The van der Waals surface area contributed by atoms with Crippen molar-refractivity contribution in [3.8, 4) is 0 Å². The van der Waals surface area contributed by atoms with Gasteiger partial charge in [-0.1, -0.05) is 0 Å². The van der Waals surface area contributed by atoms with Gasteiger partial charge >= 0.3 is 6.09 Å². The predicted octanol–water partition coefficient (Wildman–Crippen LogP) is 2.78. The molecule has 1 aliphatic carbocycles. The maximum Gasteiger partial charge on any atom is 0.407 e. The van der Waals surface area contributed by atoms with Gasteiger partial charge in [0.25, 0.3) is 0 Å². The van der Waals surface area contributed by atoms with Gasteiger partial charge in [-0.3, -0.25) is 0 Å². The standard InChI is InChI=1S/C17H27N3O3S/c1-9-15(24-8-18-9)10(2)19-13-12(11-6-7-22-14(11)13)20-16(21)23-17(3,4)5/h8,10-14,19H,6-7H2,1-5H3,(H,20,21). The van der Waals surface area contributed by atoms with Crippen molar-refractivity contribution < 1.29 is 14.3 Å². The third-order valence-corrected chi connectivity index (χ3v) is 5.80. The van der Waals surface area contributed by atoms with Gasteiger partial charge in [0, 0.05) is 23.4 Å². The molecule has 2 fully saturated rings. The van der Waals surface area contributed by atoms with Gasteiger partial charge in [0.2, 0.25) is 0 Å². The van der Waals surface area contributed by atoms with Gasteiger partial charge in [0.05, 0.1) is 29.4 Å². The number of nitrogens with one attached hydrogen (secondary N) is 2. The van der Waals surface area contributed by atoms with Crippen LogP contribution in [0, 0.1) is 12.8 Å². The minimum atomic E-state index is -0.491. The number of aryl methyl sites for hydroxylation is 1. The lowest BCUT2D eigenvalue weighted by molar-refractivity contribution is -0.0370. The van der Waals surface area contributed by atoms with E-state index >= 15 is 0 Å². The number of carbonyl (C=O) groups excluding carboxylic acids is 1. The van der Waals surface area contributed by atoms with Crippen molar-refractivity contribution in [3.05, 3.63) is 16.1 Å². The average molecular weight is 353 g/mol. The molecule has 24 heavy (non-hydrogen) atoms. The van der Waals surface area contributed by atoms with Crippen LogP contribution in [0.1, 0.15) is 50.7 Å². The Labute approximate surface area is 147 Å². The first kappa shape index (κ1) is 17.6. The summed E-state index contributed by atoms with van der Waals surface area (Å²) in [5.41, 5.74) is 2.43. The van der Waals surface area contributed by atoms with Crippen LogP contribution in [0.15, 0.2) is 5.51 Å². The number of rotatable bonds is 4. The smallest absolute Gasteiger partial charge is 0.407 e. The number of fused-ring (bicyclic) bond motifs is 1. The lowest BCUT2D eigenvalue weighted by Gasteiger charge is -2.49. The van der Waals surface area contributed by atoms with E-state index in [0.29, 0.717) is 5.92 Å². The number of hydrogen-bond donors (Lipinski definition) is 2. The number of hydrogen-bond acceptors (Lipinski definition) is 6. The lowest BCUT2D eigenvalue weighted by atomic mass is 9.71. The van der Waals surface area contributed by atoms with Gasteiger partial charge in [-0.2, -0.15) is 0 Å². The van der Waals surface area contributed by atoms with Crippen molar-refractivity contribution in [2.75, 3.05) is 6.61 Å². The molecular formula is C17H27N3O3S. The van der Waals surface area contributed by atoms with E-state index in [-0.39, 0.29) is 30.3 Å². The zero-order valence-electron chi connectivity index (χ0n) is 15.0. The molecule has 5 unspecified atom stereocenters. The molecule has 0 spiro atoms. The summed E-state index contributed by atoms with van der Waals surface area (Å²) in [6.45, 7) is 10.5. The van der Waals surface area contributed by atoms with Gasteiger partial charge in [0.1, 0.15) is 5.60 Å². The number of aromatic nitrogens is 1. The Bertz CT molecular complexity index is 598. The zero-order valence-corrected chi connectivity index (χ0v) is 15.8. The Hall–Kier alpha value is -1.18. The minimum Gasteiger partial charge on any atom is -0.444 e. The van der Waals surface area contributed by atoms with E-state index in [1.165, 1.54) is 4.88 Å². The third-order valence-electron chi connectivity index (χ3n) is 4.69. The van der Waals surface area contributed by atoms with Crippen LogP contribution in [0.3, 0.4) is 0 Å². The number of ether oxygens (including phenoxy) is 2. The number of carbonyl (C=O) groups is 1. The quantitative estimate of drug-likeness (QED) is 0.871. The number of nitrogens with zero attached hydrogens (tertiary/aromatic N) is 1. The van der Waals surface area contributed by atoms with E-state index < -0.39 is 5.60 Å². The van der Waals surface area contributed by atoms with E-state index in [9.17, 15) is 4.79 Å². The fraction of sp³-hybridized carbons (Fsp3) is 0.765. The van der Waals surface area contributed by atoms with Crippen LogP contribution < -0.4 is 10.6 Å². The molecule has 0 bridgehead atoms. The molecule has 1 aromatic heterocycles.